The van der Waals surface area contributed by atoms with Crippen LogP contribution in [0.15, 0.2) is 35.7 Å². The van der Waals surface area contributed by atoms with Crippen LogP contribution in [0.1, 0.15) is 60.1 Å². The first-order chi connectivity index (χ1) is 14.2. The van der Waals surface area contributed by atoms with Crippen LogP contribution in [0.5, 0.6) is 0 Å². The zero-order valence-corrected chi connectivity index (χ0v) is 17.4. The standard InChI is InChI=1S/C23H27N3O2S/c27-22-9-4-12-25(22)13-10-16-15-26(20-7-2-1-5-17(16)20)23(28)24-19-6-3-8-21-18(19)11-14-29-21/h1-2,5,7,11,14,16,19H,3-4,6,8-10,12-13,15H2,(H,24,28). The maximum Gasteiger partial charge on any atom is 0.322 e. The van der Waals surface area contributed by atoms with Crippen molar-refractivity contribution in [2.45, 2.75) is 50.5 Å². The first-order valence-electron chi connectivity index (χ1n) is 10.7. The van der Waals surface area contributed by atoms with Crippen molar-refractivity contribution in [1.29, 1.82) is 0 Å². The topological polar surface area (TPSA) is 52.7 Å². The van der Waals surface area contributed by atoms with Gasteiger partial charge in [-0.15, -0.1) is 11.3 Å². The average molecular weight is 410 g/mol. The highest BCUT2D eigenvalue weighted by Gasteiger charge is 2.34. The van der Waals surface area contributed by atoms with Gasteiger partial charge in [-0.25, -0.2) is 4.79 Å². The van der Waals surface area contributed by atoms with Gasteiger partial charge in [-0.2, -0.15) is 0 Å². The molecule has 3 amide bonds. The van der Waals surface area contributed by atoms with E-state index in [1.807, 2.05) is 28.0 Å². The molecule has 2 unspecified atom stereocenters. The lowest BCUT2D eigenvalue weighted by Crippen LogP contribution is -2.42. The van der Waals surface area contributed by atoms with Crippen molar-refractivity contribution in [3.63, 3.8) is 0 Å². The predicted molar refractivity (Wildman–Crippen MR) is 115 cm³/mol. The maximum absolute atomic E-state index is 13.2. The van der Waals surface area contributed by atoms with Crippen LogP contribution in [0, 0.1) is 0 Å². The largest absolute Gasteiger partial charge is 0.343 e. The van der Waals surface area contributed by atoms with Crippen LogP contribution in [0.4, 0.5) is 10.5 Å². The summed E-state index contributed by atoms with van der Waals surface area (Å²) in [5.74, 6) is 0.558. The van der Waals surface area contributed by atoms with Gasteiger partial charge in [0.2, 0.25) is 5.91 Å². The molecule has 2 atom stereocenters. The Hall–Kier alpha value is -2.34. The number of fused-ring (bicyclic) bond motifs is 2. The van der Waals surface area contributed by atoms with Gasteiger partial charge in [-0.3, -0.25) is 9.69 Å². The summed E-state index contributed by atoms with van der Waals surface area (Å²) in [6.45, 7) is 2.35. The fraction of sp³-hybridized carbons (Fsp3) is 0.478. The fourth-order valence-electron chi connectivity index (χ4n) is 5.05. The highest BCUT2D eigenvalue weighted by Crippen LogP contribution is 2.39. The Balaban J connectivity index is 1.29. The molecule has 0 radical (unpaired) electrons. The number of nitrogens with one attached hydrogen (secondary N) is 1. The quantitative estimate of drug-likeness (QED) is 0.811. The second kappa shape index (κ2) is 7.82. The Bertz CT molecular complexity index is 924. The van der Waals surface area contributed by atoms with Crippen LogP contribution in [-0.2, 0) is 11.2 Å². The van der Waals surface area contributed by atoms with Crippen LogP contribution >= 0.6 is 11.3 Å². The van der Waals surface area contributed by atoms with E-state index in [0.717, 1.165) is 50.9 Å². The van der Waals surface area contributed by atoms with Gasteiger partial charge in [-0.05, 0) is 60.7 Å². The Morgan fingerprint density at radius 3 is 2.90 bits per heavy atom. The number of para-hydroxylation sites is 1. The summed E-state index contributed by atoms with van der Waals surface area (Å²) in [5, 5.41) is 5.43. The third-order valence-electron chi connectivity index (χ3n) is 6.58. The third-order valence-corrected chi connectivity index (χ3v) is 7.58. The third kappa shape index (κ3) is 3.54. The van der Waals surface area contributed by atoms with Gasteiger partial charge < -0.3 is 10.2 Å². The minimum Gasteiger partial charge on any atom is -0.343 e. The number of likely N-dealkylation sites (tertiary alicyclic amines) is 1. The van der Waals surface area contributed by atoms with Crippen molar-refractivity contribution in [3.8, 4) is 0 Å². The lowest BCUT2D eigenvalue weighted by molar-refractivity contribution is -0.127. The number of nitrogens with zero attached hydrogens (tertiary/aromatic N) is 2. The zero-order chi connectivity index (χ0) is 19.8. The number of carbonyl (C=O) groups excluding carboxylic acids is 2. The summed E-state index contributed by atoms with van der Waals surface area (Å²) in [6.07, 6.45) is 5.82. The molecule has 3 aliphatic rings. The molecule has 1 aliphatic carbocycles. The van der Waals surface area contributed by atoms with Gasteiger partial charge in [0.25, 0.3) is 0 Å². The summed E-state index contributed by atoms with van der Waals surface area (Å²) < 4.78 is 0. The van der Waals surface area contributed by atoms with E-state index in [2.05, 4.69) is 22.8 Å². The van der Waals surface area contributed by atoms with E-state index in [1.165, 1.54) is 16.0 Å². The predicted octanol–water partition coefficient (Wildman–Crippen LogP) is 4.45. The monoisotopic (exact) mass is 409 g/mol. The number of amides is 3. The number of hydrogen-bond donors (Lipinski definition) is 1. The molecule has 1 N–H and O–H groups in total. The SMILES string of the molecule is O=C1CCCN1CCC1CN(C(=O)NC2CCCc3sccc32)c2ccccc21. The first kappa shape index (κ1) is 18.7. The van der Waals surface area contributed by atoms with Gasteiger partial charge in [0.1, 0.15) is 0 Å². The van der Waals surface area contributed by atoms with Crippen LogP contribution in [0.25, 0.3) is 0 Å². The molecule has 5 nitrogen and oxygen atoms in total. The fourth-order valence-corrected chi connectivity index (χ4v) is 6.04. The maximum atomic E-state index is 13.2. The Labute approximate surface area is 175 Å². The van der Waals surface area contributed by atoms with Gasteiger partial charge in [0.15, 0.2) is 0 Å². The molecule has 1 saturated heterocycles. The molecule has 1 fully saturated rings. The number of carbonyl (C=O) groups is 2. The van der Waals surface area contributed by atoms with E-state index >= 15 is 0 Å². The molecule has 152 valence electrons. The summed E-state index contributed by atoms with van der Waals surface area (Å²) in [4.78, 5) is 30.5. The average Bonchev–Trinajstić information content (AvgIpc) is 3.45. The van der Waals surface area contributed by atoms with Crippen LogP contribution < -0.4 is 10.2 Å². The Kier molecular flexibility index (Phi) is 5.04. The molecule has 2 aliphatic heterocycles. The van der Waals surface area contributed by atoms with Gasteiger partial charge >= 0.3 is 6.03 Å². The number of anilines is 1. The molecular weight excluding hydrogens is 382 g/mol. The molecule has 0 bridgehead atoms. The number of urea groups is 1. The molecule has 0 saturated carbocycles. The van der Waals surface area contributed by atoms with E-state index in [9.17, 15) is 9.59 Å². The smallest absolute Gasteiger partial charge is 0.322 e. The molecule has 0 spiro atoms. The van der Waals surface area contributed by atoms with Crippen molar-refractivity contribution in [2.24, 2.45) is 0 Å². The second-order valence-electron chi connectivity index (χ2n) is 8.33. The normalized spacial score (nSPS) is 23.2. The number of hydrogen-bond acceptors (Lipinski definition) is 3. The second-order valence-corrected chi connectivity index (χ2v) is 9.33. The van der Waals surface area contributed by atoms with E-state index in [4.69, 9.17) is 0 Å². The Morgan fingerprint density at radius 2 is 2.03 bits per heavy atom. The lowest BCUT2D eigenvalue weighted by atomic mass is 9.94. The van der Waals surface area contributed by atoms with Crippen molar-refractivity contribution in [3.05, 3.63) is 51.7 Å². The summed E-state index contributed by atoms with van der Waals surface area (Å²) in [7, 11) is 0. The first-order valence-corrected chi connectivity index (χ1v) is 11.6. The number of thiophene rings is 1. The van der Waals surface area contributed by atoms with Crippen LogP contribution in [0.3, 0.4) is 0 Å². The number of benzene rings is 1. The molecule has 6 heteroatoms. The molecule has 2 aromatic rings. The van der Waals surface area contributed by atoms with Crippen LogP contribution in [0.2, 0.25) is 0 Å². The van der Waals surface area contributed by atoms with Gasteiger partial charge in [0.05, 0.1) is 6.04 Å². The number of rotatable bonds is 4. The van der Waals surface area contributed by atoms with Crippen molar-refractivity contribution >= 4 is 29.0 Å². The number of aryl methyl sites for hydroxylation is 1. The Morgan fingerprint density at radius 1 is 1.14 bits per heavy atom. The van der Waals surface area contributed by atoms with Crippen LogP contribution in [-0.4, -0.2) is 36.5 Å². The minimum atomic E-state index is 0.00116. The molecular formula is C23H27N3O2S. The van der Waals surface area contributed by atoms with Crippen molar-refractivity contribution in [1.82, 2.24) is 10.2 Å². The minimum absolute atomic E-state index is 0.00116. The lowest BCUT2D eigenvalue weighted by Gasteiger charge is -2.27. The summed E-state index contributed by atoms with van der Waals surface area (Å²) in [5.41, 5.74) is 3.55. The molecule has 1 aromatic carbocycles. The van der Waals surface area contributed by atoms with E-state index in [0.29, 0.717) is 13.0 Å². The highest BCUT2D eigenvalue weighted by molar-refractivity contribution is 7.10. The summed E-state index contributed by atoms with van der Waals surface area (Å²) >= 11 is 1.80. The summed E-state index contributed by atoms with van der Waals surface area (Å²) in [6, 6.07) is 10.5. The molecule has 29 heavy (non-hydrogen) atoms. The van der Waals surface area contributed by atoms with Gasteiger partial charge in [-0.1, -0.05) is 18.2 Å². The van der Waals surface area contributed by atoms with Crippen molar-refractivity contribution in [2.75, 3.05) is 24.5 Å². The van der Waals surface area contributed by atoms with Gasteiger partial charge in [0, 0.05) is 42.5 Å². The zero-order valence-electron chi connectivity index (χ0n) is 16.6. The molecule has 3 heterocycles. The van der Waals surface area contributed by atoms with E-state index in [1.54, 1.807) is 11.3 Å². The van der Waals surface area contributed by atoms with E-state index < -0.39 is 0 Å². The molecule has 5 rings (SSSR count). The molecule has 1 aromatic heterocycles. The van der Waals surface area contributed by atoms with Crippen molar-refractivity contribution < 1.29 is 9.59 Å². The highest BCUT2D eigenvalue weighted by atomic mass is 32.1. The van der Waals surface area contributed by atoms with E-state index in [-0.39, 0.29) is 23.9 Å².